The molecule has 1 aromatic carbocycles. The Labute approximate surface area is 164 Å². The van der Waals surface area contributed by atoms with Gasteiger partial charge >= 0.3 is 0 Å². The van der Waals surface area contributed by atoms with E-state index in [4.69, 9.17) is 4.42 Å². The first-order valence-electron chi connectivity index (χ1n) is 9.16. The van der Waals surface area contributed by atoms with Crippen molar-refractivity contribution in [3.8, 4) is 0 Å². The molecular formula is C22H25N3O3. The lowest BCUT2D eigenvalue weighted by atomic mass is 10.1. The van der Waals surface area contributed by atoms with Crippen LogP contribution in [-0.2, 0) is 13.1 Å². The van der Waals surface area contributed by atoms with Gasteiger partial charge in [-0.3, -0.25) is 9.59 Å². The van der Waals surface area contributed by atoms with Gasteiger partial charge in [0.25, 0.3) is 11.8 Å². The van der Waals surface area contributed by atoms with Crippen molar-refractivity contribution in [3.05, 3.63) is 82.6 Å². The van der Waals surface area contributed by atoms with E-state index in [1.807, 2.05) is 44.2 Å². The van der Waals surface area contributed by atoms with Crippen LogP contribution < -0.4 is 5.32 Å². The molecule has 0 aliphatic rings. The Hall–Kier alpha value is -3.28. The lowest BCUT2D eigenvalue weighted by molar-refractivity contribution is 0.0783. The zero-order valence-electron chi connectivity index (χ0n) is 16.7. The average Bonchev–Trinajstić information content (AvgIpc) is 3.31. The summed E-state index contributed by atoms with van der Waals surface area (Å²) >= 11 is 0. The highest BCUT2D eigenvalue weighted by Gasteiger charge is 2.19. The van der Waals surface area contributed by atoms with Crippen molar-refractivity contribution in [2.45, 2.75) is 26.9 Å². The maximum Gasteiger partial charge on any atom is 0.255 e. The van der Waals surface area contributed by atoms with Crippen molar-refractivity contribution in [2.24, 2.45) is 0 Å². The number of nitrogens with zero attached hydrogens (tertiary/aromatic N) is 2. The summed E-state index contributed by atoms with van der Waals surface area (Å²) in [7, 11) is 3.39. The molecule has 2 amide bonds. The summed E-state index contributed by atoms with van der Waals surface area (Å²) in [6.07, 6.45) is 1.65. The lowest BCUT2D eigenvalue weighted by Crippen LogP contribution is -2.26. The predicted octanol–water partition coefficient (Wildman–Crippen LogP) is 3.38. The summed E-state index contributed by atoms with van der Waals surface area (Å²) in [5.74, 6) is 0.694. The maximum atomic E-state index is 13.0. The number of benzene rings is 1. The third kappa shape index (κ3) is 4.01. The average molecular weight is 379 g/mol. The van der Waals surface area contributed by atoms with E-state index in [0.717, 1.165) is 22.7 Å². The molecule has 0 aliphatic carbocycles. The van der Waals surface area contributed by atoms with Crippen molar-refractivity contribution in [2.75, 3.05) is 14.1 Å². The quantitative estimate of drug-likeness (QED) is 0.714. The van der Waals surface area contributed by atoms with Crippen LogP contribution in [0, 0.1) is 13.8 Å². The topological polar surface area (TPSA) is 67.5 Å². The van der Waals surface area contributed by atoms with Crippen molar-refractivity contribution >= 4 is 11.8 Å². The molecule has 0 radical (unpaired) electrons. The van der Waals surface area contributed by atoms with Crippen LogP contribution in [0.25, 0.3) is 0 Å². The van der Waals surface area contributed by atoms with Gasteiger partial charge < -0.3 is 19.2 Å². The first-order chi connectivity index (χ1) is 13.4. The number of nitrogens with one attached hydrogen (secondary N) is 1. The number of rotatable bonds is 6. The second kappa shape index (κ2) is 8.17. The van der Waals surface area contributed by atoms with Crippen molar-refractivity contribution in [1.82, 2.24) is 14.8 Å². The highest BCUT2D eigenvalue weighted by Crippen LogP contribution is 2.20. The van der Waals surface area contributed by atoms with E-state index in [-0.39, 0.29) is 11.8 Å². The van der Waals surface area contributed by atoms with Crippen LogP contribution in [0.15, 0.2) is 53.1 Å². The highest BCUT2D eigenvalue weighted by molar-refractivity contribution is 5.95. The Morgan fingerprint density at radius 1 is 1.14 bits per heavy atom. The van der Waals surface area contributed by atoms with Gasteiger partial charge in [-0.05, 0) is 49.7 Å². The second-order valence-electron chi connectivity index (χ2n) is 6.89. The Balaban J connectivity index is 1.73. The molecule has 0 fully saturated rings. The van der Waals surface area contributed by atoms with Crippen LogP contribution in [-0.4, -0.2) is 35.4 Å². The molecule has 3 rings (SSSR count). The van der Waals surface area contributed by atoms with Gasteiger partial charge in [0.1, 0.15) is 5.76 Å². The number of hydrogen-bond acceptors (Lipinski definition) is 3. The van der Waals surface area contributed by atoms with E-state index in [1.54, 1.807) is 37.4 Å². The van der Waals surface area contributed by atoms with Crippen LogP contribution in [0.3, 0.4) is 0 Å². The lowest BCUT2D eigenvalue weighted by Gasteiger charge is -2.18. The summed E-state index contributed by atoms with van der Waals surface area (Å²) < 4.78 is 7.51. The molecule has 0 saturated heterocycles. The molecule has 1 N–H and O–H groups in total. The van der Waals surface area contributed by atoms with Crippen LogP contribution in [0.5, 0.6) is 0 Å². The number of amides is 2. The molecule has 0 saturated carbocycles. The SMILES string of the molecule is CNC(=O)c1ccc(CN(C)C(=O)c2cc(C)n(Cc3ccco3)c2C)cc1. The minimum atomic E-state index is -0.125. The Morgan fingerprint density at radius 3 is 2.46 bits per heavy atom. The van der Waals surface area contributed by atoms with Gasteiger partial charge in [-0.1, -0.05) is 12.1 Å². The molecule has 0 atom stereocenters. The van der Waals surface area contributed by atoms with Gasteiger partial charge in [0.15, 0.2) is 0 Å². The van der Waals surface area contributed by atoms with Gasteiger partial charge in [0.05, 0.1) is 18.4 Å². The molecule has 146 valence electrons. The van der Waals surface area contributed by atoms with Crippen molar-refractivity contribution < 1.29 is 14.0 Å². The number of aromatic nitrogens is 1. The van der Waals surface area contributed by atoms with Crippen LogP contribution in [0.2, 0.25) is 0 Å². The monoisotopic (exact) mass is 379 g/mol. The summed E-state index contributed by atoms with van der Waals surface area (Å²) in [5.41, 5.74) is 4.18. The minimum absolute atomic E-state index is 0.0332. The molecule has 2 heterocycles. The molecule has 6 nitrogen and oxygen atoms in total. The van der Waals surface area contributed by atoms with E-state index in [0.29, 0.717) is 24.2 Å². The number of carbonyl (C=O) groups is 2. The number of carbonyl (C=O) groups excluding carboxylic acids is 2. The first kappa shape index (κ1) is 19.5. The first-order valence-corrected chi connectivity index (χ1v) is 9.16. The fraction of sp³-hybridized carbons (Fsp3) is 0.273. The standard InChI is InChI=1S/C22H25N3O3/c1-15-12-20(16(2)25(15)14-19-6-5-11-28-19)22(27)24(4)13-17-7-9-18(10-8-17)21(26)23-3/h5-12H,13-14H2,1-4H3,(H,23,26). The summed E-state index contributed by atoms with van der Waals surface area (Å²) in [6.45, 7) is 5.01. The molecule has 0 unspecified atom stereocenters. The number of aryl methyl sites for hydroxylation is 1. The van der Waals surface area contributed by atoms with E-state index in [2.05, 4.69) is 9.88 Å². The molecule has 2 aromatic heterocycles. The second-order valence-corrected chi connectivity index (χ2v) is 6.89. The van der Waals surface area contributed by atoms with Crippen LogP contribution in [0.1, 0.15) is 43.4 Å². The Kier molecular flexibility index (Phi) is 5.68. The van der Waals surface area contributed by atoms with Crippen LogP contribution in [0.4, 0.5) is 0 Å². The fourth-order valence-electron chi connectivity index (χ4n) is 3.28. The number of furan rings is 1. The fourth-order valence-corrected chi connectivity index (χ4v) is 3.28. The predicted molar refractivity (Wildman–Crippen MR) is 107 cm³/mol. The third-order valence-electron chi connectivity index (χ3n) is 4.91. The third-order valence-corrected chi connectivity index (χ3v) is 4.91. The van der Waals surface area contributed by atoms with Gasteiger partial charge in [0.2, 0.25) is 0 Å². The van der Waals surface area contributed by atoms with Gasteiger partial charge in [0, 0.05) is 37.6 Å². The summed E-state index contributed by atoms with van der Waals surface area (Å²) in [4.78, 5) is 26.3. The molecule has 0 spiro atoms. The molecule has 0 aliphatic heterocycles. The molecule has 6 heteroatoms. The van der Waals surface area contributed by atoms with Crippen molar-refractivity contribution in [1.29, 1.82) is 0 Å². The Morgan fingerprint density at radius 2 is 1.86 bits per heavy atom. The Bertz CT molecular complexity index is 969. The van der Waals surface area contributed by atoms with E-state index in [1.165, 1.54) is 0 Å². The summed E-state index contributed by atoms with van der Waals surface area (Å²) in [6, 6.07) is 13.0. The highest BCUT2D eigenvalue weighted by atomic mass is 16.3. The molecular weight excluding hydrogens is 354 g/mol. The molecule has 0 bridgehead atoms. The maximum absolute atomic E-state index is 13.0. The smallest absolute Gasteiger partial charge is 0.255 e. The largest absolute Gasteiger partial charge is 0.467 e. The normalized spacial score (nSPS) is 10.7. The van der Waals surface area contributed by atoms with E-state index < -0.39 is 0 Å². The zero-order chi connectivity index (χ0) is 20.3. The van der Waals surface area contributed by atoms with Crippen molar-refractivity contribution in [3.63, 3.8) is 0 Å². The zero-order valence-corrected chi connectivity index (χ0v) is 16.7. The van der Waals surface area contributed by atoms with Gasteiger partial charge in [-0.25, -0.2) is 0 Å². The molecule has 3 aromatic rings. The van der Waals surface area contributed by atoms with E-state index >= 15 is 0 Å². The minimum Gasteiger partial charge on any atom is -0.467 e. The van der Waals surface area contributed by atoms with Gasteiger partial charge in [-0.2, -0.15) is 0 Å². The van der Waals surface area contributed by atoms with Gasteiger partial charge in [-0.15, -0.1) is 0 Å². The van der Waals surface area contributed by atoms with E-state index in [9.17, 15) is 9.59 Å². The molecule has 28 heavy (non-hydrogen) atoms. The van der Waals surface area contributed by atoms with Crippen LogP contribution >= 0.6 is 0 Å². The number of hydrogen-bond donors (Lipinski definition) is 1. The summed E-state index contributed by atoms with van der Waals surface area (Å²) in [5, 5.41) is 2.60.